The smallest absolute Gasteiger partial charge is 0.253 e. The maximum absolute atomic E-state index is 13.4. The summed E-state index contributed by atoms with van der Waals surface area (Å²) < 4.78 is 15.0. The van der Waals surface area contributed by atoms with E-state index >= 15 is 0 Å². The van der Waals surface area contributed by atoms with Gasteiger partial charge in [-0.05, 0) is 71.5 Å². The number of hydrogen-bond acceptors (Lipinski definition) is 6. The second kappa shape index (κ2) is 8.84. The molecule has 3 heterocycles. The molecule has 33 heavy (non-hydrogen) atoms. The molecule has 5 rings (SSSR count). The zero-order chi connectivity index (χ0) is 22.9. The molecule has 1 atom stereocenters. The average Bonchev–Trinajstić information content (AvgIpc) is 3.25. The number of benzene rings is 2. The predicted octanol–water partition coefficient (Wildman–Crippen LogP) is 2.56. The Kier molecular flexibility index (Phi) is 5.74. The second-order valence-electron chi connectivity index (χ2n) is 8.64. The van der Waals surface area contributed by atoms with Crippen LogP contribution in [0.15, 0.2) is 53.3 Å². The van der Waals surface area contributed by atoms with Gasteiger partial charge in [-0.2, -0.15) is 0 Å². The minimum absolute atomic E-state index is 0.196. The molecule has 0 aliphatic carbocycles. The lowest BCUT2D eigenvalue weighted by Gasteiger charge is -2.35. The summed E-state index contributed by atoms with van der Waals surface area (Å²) in [7, 11) is 0. The van der Waals surface area contributed by atoms with Gasteiger partial charge < -0.3 is 10.1 Å². The van der Waals surface area contributed by atoms with E-state index in [1.165, 1.54) is 12.1 Å². The highest BCUT2D eigenvalue weighted by Crippen LogP contribution is 2.30. The Balaban J connectivity index is 1.60. The Morgan fingerprint density at radius 1 is 1.15 bits per heavy atom. The number of tetrazole rings is 1. The number of hydrogen-bond donors (Lipinski definition) is 2. The van der Waals surface area contributed by atoms with Crippen LogP contribution in [0.1, 0.15) is 41.4 Å². The summed E-state index contributed by atoms with van der Waals surface area (Å²) in [5.74, 6) is 0.228. The second-order valence-corrected chi connectivity index (χ2v) is 8.64. The molecule has 0 bridgehead atoms. The Morgan fingerprint density at radius 2 is 1.91 bits per heavy atom. The first kappa shape index (κ1) is 21.4. The van der Waals surface area contributed by atoms with Crippen LogP contribution >= 0.6 is 0 Å². The zero-order valence-electron chi connectivity index (χ0n) is 18.3. The molecular formula is C24H25FN6O2. The van der Waals surface area contributed by atoms with Crippen LogP contribution in [0, 0.1) is 12.7 Å². The average molecular weight is 449 g/mol. The molecule has 2 aromatic carbocycles. The topological polar surface area (TPSA) is 99.9 Å². The third-order valence-corrected chi connectivity index (χ3v) is 6.24. The molecule has 0 unspecified atom stereocenters. The molecular weight excluding hydrogens is 423 g/mol. The van der Waals surface area contributed by atoms with E-state index in [9.17, 15) is 14.3 Å². The summed E-state index contributed by atoms with van der Waals surface area (Å²) in [6, 6.07) is 13.5. The van der Waals surface area contributed by atoms with E-state index in [1.807, 2.05) is 31.2 Å². The first-order chi connectivity index (χ1) is 16.0. The van der Waals surface area contributed by atoms with Crippen LogP contribution in [-0.4, -0.2) is 54.4 Å². The van der Waals surface area contributed by atoms with E-state index in [4.69, 9.17) is 0 Å². The first-order valence-electron chi connectivity index (χ1n) is 11.0. The molecule has 1 aliphatic heterocycles. The fourth-order valence-electron chi connectivity index (χ4n) is 4.47. The van der Waals surface area contributed by atoms with Crippen molar-refractivity contribution in [3.8, 4) is 0 Å². The summed E-state index contributed by atoms with van der Waals surface area (Å²) in [5.41, 5.74) is 3.08. The number of likely N-dealkylation sites (tertiary alicyclic amines) is 1. The first-order valence-corrected chi connectivity index (χ1v) is 11.0. The lowest BCUT2D eigenvalue weighted by atomic mass is 9.99. The van der Waals surface area contributed by atoms with Gasteiger partial charge in [0.1, 0.15) is 11.9 Å². The van der Waals surface area contributed by atoms with E-state index in [0.29, 0.717) is 43.9 Å². The number of aryl methyl sites for hydroxylation is 1. The Labute approximate surface area is 189 Å². The van der Waals surface area contributed by atoms with E-state index in [0.717, 1.165) is 22.0 Å². The van der Waals surface area contributed by atoms with Crippen molar-refractivity contribution in [2.24, 2.45) is 0 Å². The van der Waals surface area contributed by atoms with Crippen LogP contribution < -0.4 is 5.56 Å². The van der Waals surface area contributed by atoms with E-state index in [1.54, 1.807) is 16.8 Å². The van der Waals surface area contributed by atoms with Crippen LogP contribution in [0.3, 0.4) is 0 Å². The van der Waals surface area contributed by atoms with Crippen molar-refractivity contribution in [2.75, 3.05) is 13.1 Å². The lowest BCUT2D eigenvalue weighted by Crippen LogP contribution is -2.41. The number of aliphatic hydroxyl groups is 1. The molecule has 9 heteroatoms. The third-order valence-electron chi connectivity index (χ3n) is 6.24. The number of nitrogens with one attached hydrogen (secondary N) is 1. The number of fused-ring (bicyclic) bond motifs is 1. The van der Waals surface area contributed by atoms with Crippen molar-refractivity contribution < 1.29 is 9.50 Å². The molecule has 0 amide bonds. The number of rotatable bonds is 5. The molecule has 1 aliphatic rings. The summed E-state index contributed by atoms with van der Waals surface area (Å²) >= 11 is 0. The van der Waals surface area contributed by atoms with Crippen molar-refractivity contribution >= 4 is 10.9 Å². The van der Waals surface area contributed by atoms with Gasteiger partial charge in [0.2, 0.25) is 0 Å². The van der Waals surface area contributed by atoms with Gasteiger partial charge in [0.15, 0.2) is 5.82 Å². The van der Waals surface area contributed by atoms with E-state index < -0.39 is 6.04 Å². The predicted molar refractivity (Wildman–Crippen MR) is 121 cm³/mol. The highest BCUT2D eigenvalue weighted by molar-refractivity contribution is 5.79. The highest BCUT2D eigenvalue weighted by atomic mass is 19.1. The van der Waals surface area contributed by atoms with Crippen molar-refractivity contribution in [3.63, 3.8) is 0 Å². The van der Waals surface area contributed by atoms with Crippen LogP contribution in [0.4, 0.5) is 4.39 Å². The van der Waals surface area contributed by atoms with Gasteiger partial charge in [-0.25, -0.2) is 9.07 Å². The number of piperidine rings is 1. The van der Waals surface area contributed by atoms with Gasteiger partial charge in [-0.15, -0.1) is 5.10 Å². The largest absolute Gasteiger partial charge is 0.393 e. The van der Waals surface area contributed by atoms with Crippen molar-refractivity contribution in [1.82, 2.24) is 30.1 Å². The van der Waals surface area contributed by atoms with Gasteiger partial charge in [0.05, 0.1) is 12.6 Å². The number of halogens is 1. The van der Waals surface area contributed by atoms with Crippen molar-refractivity contribution in [1.29, 1.82) is 0 Å². The minimum atomic E-state index is -0.485. The molecule has 0 radical (unpaired) electrons. The molecule has 2 aromatic heterocycles. The van der Waals surface area contributed by atoms with Gasteiger partial charge in [-0.1, -0.05) is 23.8 Å². The van der Waals surface area contributed by atoms with Gasteiger partial charge in [0, 0.05) is 24.2 Å². The number of H-pyrrole nitrogens is 1. The lowest BCUT2D eigenvalue weighted by molar-refractivity contribution is 0.0659. The minimum Gasteiger partial charge on any atom is -0.393 e. The number of aromatic nitrogens is 5. The van der Waals surface area contributed by atoms with Crippen molar-refractivity contribution in [2.45, 2.75) is 38.5 Å². The summed E-state index contributed by atoms with van der Waals surface area (Å²) in [5, 5.41) is 23.4. The maximum Gasteiger partial charge on any atom is 0.253 e. The molecule has 1 fully saturated rings. The SMILES string of the molecule is Cc1ccc2[nH]c(=O)c([C@@H](c3nnnn3Cc3ccc(F)cc3)N3CCC(O)CC3)cc2c1. The molecule has 8 nitrogen and oxygen atoms in total. The summed E-state index contributed by atoms with van der Waals surface area (Å²) in [4.78, 5) is 18.4. The number of nitrogens with zero attached hydrogens (tertiary/aromatic N) is 5. The van der Waals surface area contributed by atoms with Gasteiger partial charge in [-0.3, -0.25) is 9.69 Å². The molecule has 4 aromatic rings. The summed E-state index contributed by atoms with van der Waals surface area (Å²) in [6.45, 7) is 3.58. The van der Waals surface area contributed by atoms with Gasteiger partial charge in [0.25, 0.3) is 5.56 Å². The Morgan fingerprint density at radius 3 is 2.67 bits per heavy atom. The third kappa shape index (κ3) is 4.42. The quantitative estimate of drug-likeness (QED) is 0.487. The van der Waals surface area contributed by atoms with E-state index in [-0.39, 0.29) is 17.5 Å². The molecule has 0 saturated carbocycles. The molecule has 0 spiro atoms. The molecule has 170 valence electrons. The zero-order valence-corrected chi connectivity index (χ0v) is 18.3. The normalized spacial score (nSPS) is 16.3. The summed E-state index contributed by atoms with van der Waals surface area (Å²) in [6.07, 6.45) is 0.871. The van der Waals surface area contributed by atoms with Crippen LogP contribution in [-0.2, 0) is 6.54 Å². The fraction of sp³-hybridized carbons (Fsp3) is 0.333. The van der Waals surface area contributed by atoms with Crippen LogP contribution in [0.25, 0.3) is 10.9 Å². The Bertz CT molecular complexity index is 1330. The van der Waals surface area contributed by atoms with Crippen LogP contribution in [0.5, 0.6) is 0 Å². The monoisotopic (exact) mass is 448 g/mol. The number of aliphatic hydroxyl groups excluding tert-OH is 1. The number of aromatic amines is 1. The highest BCUT2D eigenvalue weighted by Gasteiger charge is 2.32. The number of pyridine rings is 1. The standard InChI is InChI=1S/C24H25FN6O2/c1-15-2-7-21-17(12-15)13-20(24(33)26-21)22(30-10-8-19(32)9-11-30)23-27-28-29-31(23)14-16-3-5-18(25)6-4-16/h2-7,12-13,19,22,32H,8-11,14H2,1H3,(H,26,33)/t22-/m0/s1. The molecule has 1 saturated heterocycles. The van der Waals surface area contributed by atoms with Crippen molar-refractivity contribution in [3.05, 3.63) is 87.2 Å². The van der Waals surface area contributed by atoms with E-state index in [2.05, 4.69) is 25.4 Å². The fourth-order valence-corrected chi connectivity index (χ4v) is 4.47. The maximum atomic E-state index is 13.4. The van der Waals surface area contributed by atoms with Crippen LogP contribution in [0.2, 0.25) is 0 Å². The Hall–Kier alpha value is -3.43. The molecule has 2 N–H and O–H groups in total. The van der Waals surface area contributed by atoms with Gasteiger partial charge >= 0.3 is 0 Å².